The van der Waals surface area contributed by atoms with Crippen LogP contribution in [0.25, 0.3) is 10.9 Å². The summed E-state index contributed by atoms with van der Waals surface area (Å²) in [5.41, 5.74) is 2.89. The summed E-state index contributed by atoms with van der Waals surface area (Å²) in [6.07, 6.45) is 2.03. The Morgan fingerprint density at radius 3 is 2.79 bits per heavy atom. The van der Waals surface area contributed by atoms with Crippen LogP contribution in [0, 0.1) is 11.3 Å². The smallest absolute Gasteiger partial charge is 0.0992 e. The number of aromatic nitrogens is 1. The van der Waals surface area contributed by atoms with Gasteiger partial charge in [0.15, 0.2) is 0 Å². The minimum Gasteiger partial charge on any atom is -0.343 e. The maximum atomic E-state index is 8.97. The van der Waals surface area contributed by atoms with E-state index in [2.05, 4.69) is 16.7 Å². The molecule has 2 nitrogen and oxygen atoms in total. The molecule has 2 aromatic carbocycles. The fraction of sp³-hybridized carbons (Fsp3) is 0.0625. The predicted octanol–water partition coefficient (Wildman–Crippen LogP) is 4.21. The zero-order chi connectivity index (χ0) is 13.2. The molecular formula is C16H11ClN2. The lowest BCUT2D eigenvalue weighted by molar-refractivity contribution is 0.837. The molecule has 3 heteroatoms. The SMILES string of the molecule is N#Cc1ccc2ccn(Cc3cccc(Cl)c3)c2c1. The summed E-state index contributed by atoms with van der Waals surface area (Å²) in [6, 6.07) is 17.8. The number of hydrogen-bond donors (Lipinski definition) is 0. The Hall–Kier alpha value is -2.24. The van der Waals surface area contributed by atoms with Crippen molar-refractivity contribution in [2.24, 2.45) is 0 Å². The van der Waals surface area contributed by atoms with E-state index >= 15 is 0 Å². The highest BCUT2D eigenvalue weighted by atomic mass is 35.5. The average molecular weight is 267 g/mol. The van der Waals surface area contributed by atoms with Crippen LogP contribution in [0.2, 0.25) is 5.02 Å². The predicted molar refractivity (Wildman–Crippen MR) is 77.2 cm³/mol. The molecule has 0 N–H and O–H groups in total. The summed E-state index contributed by atoms with van der Waals surface area (Å²) >= 11 is 6.00. The quantitative estimate of drug-likeness (QED) is 0.683. The molecule has 0 aliphatic carbocycles. The van der Waals surface area contributed by atoms with Crippen LogP contribution < -0.4 is 0 Å². The van der Waals surface area contributed by atoms with Crippen LogP contribution in [0.3, 0.4) is 0 Å². The number of rotatable bonds is 2. The van der Waals surface area contributed by atoms with E-state index in [1.807, 2.05) is 48.7 Å². The third-order valence-corrected chi connectivity index (χ3v) is 3.38. The number of nitriles is 1. The number of benzene rings is 2. The molecule has 3 rings (SSSR count). The van der Waals surface area contributed by atoms with Crippen LogP contribution >= 0.6 is 11.6 Å². The Labute approximate surface area is 116 Å². The minimum atomic E-state index is 0.679. The maximum absolute atomic E-state index is 8.97. The molecule has 3 aromatic rings. The van der Waals surface area contributed by atoms with E-state index in [-0.39, 0.29) is 0 Å². The van der Waals surface area contributed by atoms with Gasteiger partial charge in [0.1, 0.15) is 0 Å². The maximum Gasteiger partial charge on any atom is 0.0992 e. The Balaban J connectivity index is 2.03. The van der Waals surface area contributed by atoms with Crippen molar-refractivity contribution in [2.75, 3.05) is 0 Å². The summed E-state index contributed by atoms with van der Waals surface area (Å²) in [7, 11) is 0. The van der Waals surface area contributed by atoms with Gasteiger partial charge in [0.25, 0.3) is 0 Å². The fourth-order valence-electron chi connectivity index (χ4n) is 2.22. The second-order valence-corrected chi connectivity index (χ2v) is 4.90. The normalized spacial score (nSPS) is 10.5. The Bertz CT molecular complexity index is 781. The van der Waals surface area contributed by atoms with Gasteiger partial charge in [-0.3, -0.25) is 0 Å². The lowest BCUT2D eigenvalue weighted by Gasteiger charge is -2.06. The zero-order valence-corrected chi connectivity index (χ0v) is 10.9. The van der Waals surface area contributed by atoms with Crippen molar-refractivity contribution in [3.05, 3.63) is 70.9 Å². The van der Waals surface area contributed by atoms with Gasteiger partial charge in [0.2, 0.25) is 0 Å². The molecule has 1 aromatic heterocycles. The van der Waals surface area contributed by atoms with Crippen molar-refractivity contribution in [3.63, 3.8) is 0 Å². The first kappa shape index (κ1) is 11.8. The minimum absolute atomic E-state index is 0.679. The van der Waals surface area contributed by atoms with Crippen LogP contribution in [0.1, 0.15) is 11.1 Å². The van der Waals surface area contributed by atoms with E-state index in [0.29, 0.717) is 5.56 Å². The van der Waals surface area contributed by atoms with Crippen molar-refractivity contribution in [2.45, 2.75) is 6.54 Å². The van der Waals surface area contributed by atoms with Gasteiger partial charge < -0.3 is 4.57 Å². The van der Waals surface area contributed by atoms with Crippen LogP contribution in [0.4, 0.5) is 0 Å². The van der Waals surface area contributed by atoms with Crippen molar-refractivity contribution in [1.29, 1.82) is 5.26 Å². The second kappa shape index (κ2) is 4.79. The summed E-state index contributed by atoms with van der Waals surface area (Å²) in [5, 5.41) is 10.9. The fourth-order valence-corrected chi connectivity index (χ4v) is 2.44. The van der Waals surface area contributed by atoms with Crippen molar-refractivity contribution in [1.82, 2.24) is 4.57 Å². The van der Waals surface area contributed by atoms with E-state index < -0.39 is 0 Å². The highest BCUT2D eigenvalue weighted by Gasteiger charge is 2.03. The third-order valence-electron chi connectivity index (χ3n) is 3.14. The molecule has 0 saturated carbocycles. The first-order valence-corrected chi connectivity index (χ1v) is 6.37. The summed E-state index contributed by atoms with van der Waals surface area (Å²) in [6.45, 7) is 0.749. The van der Waals surface area contributed by atoms with Crippen LogP contribution in [0.15, 0.2) is 54.7 Å². The topological polar surface area (TPSA) is 28.7 Å². The summed E-state index contributed by atoms with van der Waals surface area (Å²) in [4.78, 5) is 0. The molecule has 0 atom stereocenters. The van der Waals surface area contributed by atoms with E-state index in [1.165, 1.54) is 0 Å². The van der Waals surface area contributed by atoms with Crippen molar-refractivity contribution >= 4 is 22.5 Å². The molecule has 19 heavy (non-hydrogen) atoms. The van der Waals surface area contributed by atoms with Gasteiger partial charge in [-0.05, 0) is 41.3 Å². The van der Waals surface area contributed by atoms with E-state index in [0.717, 1.165) is 28.0 Å². The molecule has 0 aliphatic rings. The number of fused-ring (bicyclic) bond motifs is 1. The number of hydrogen-bond acceptors (Lipinski definition) is 1. The number of nitrogens with zero attached hydrogens (tertiary/aromatic N) is 2. The second-order valence-electron chi connectivity index (χ2n) is 4.46. The van der Waals surface area contributed by atoms with Gasteiger partial charge in [-0.1, -0.05) is 29.8 Å². The molecule has 0 bridgehead atoms. The molecular weight excluding hydrogens is 256 g/mol. The highest BCUT2D eigenvalue weighted by Crippen LogP contribution is 2.20. The van der Waals surface area contributed by atoms with Crippen molar-refractivity contribution in [3.8, 4) is 6.07 Å². The lowest BCUT2D eigenvalue weighted by Crippen LogP contribution is -1.97. The molecule has 1 heterocycles. The van der Waals surface area contributed by atoms with Gasteiger partial charge in [-0.2, -0.15) is 5.26 Å². The van der Waals surface area contributed by atoms with Gasteiger partial charge >= 0.3 is 0 Å². The molecule has 0 spiro atoms. The van der Waals surface area contributed by atoms with E-state index in [9.17, 15) is 0 Å². The third kappa shape index (κ3) is 2.33. The monoisotopic (exact) mass is 266 g/mol. The molecule has 0 aliphatic heterocycles. The van der Waals surface area contributed by atoms with Crippen LogP contribution in [-0.2, 0) is 6.54 Å². The average Bonchev–Trinajstić information content (AvgIpc) is 2.81. The highest BCUT2D eigenvalue weighted by molar-refractivity contribution is 6.30. The van der Waals surface area contributed by atoms with Gasteiger partial charge in [-0.15, -0.1) is 0 Å². The van der Waals surface area contributed by atoms with Crippen LogP contribution in [0.5, 0.6) is 0 Å². The summed E-state index contributed by atoms with van der Waals surface area (Å²) in [5.74, 6) is 0. The molecule has 0 saturated heterocycles. The van der Waals surface area contributed by atoms with Gasteiger partial charge in [0, 0.05) is 23.3 Å². The Morgan fingerprint density at radius 1 is 1.11 bits per heavy atom. The largest absolute Gasteiger partial charge is 0.343 e. The Morgan fingerprint density at radius 2 is 2.00 bits per heavy atom. The molecule has 0 radical (unpaired) electrons. The Kier molecular flexibility index (Phi) is 2.98. The van der Waals surface area contributed by atoms with Gasteiger partial charge in [0.05, 0.1) is 11.6 Å². The molecule has 0 unspecified atom stereocenters. The first-order valence-electron chi connectivity index (χ1n) is 6.00. The van der Waals surface area contributed by atoms with Crippen molar-refractivity contribution < 1.29 is 0 Å². The molecule has 92 valence electrons. The lowest BCUT2D eigenvalue weighted by atomic mass is 10.2. The number of halogens is 1. The van der Waals surface area contributed by atoms with E-state index in [1.54, 1.807) is 0 Å². The van der Waals surface area contributed by atoms with E-state index in [4.69, 9.17) is 16.9 Å². The van der Waals surface area contributed by atoms with Gasteiger partial charge in [-0.25, -0.2) is 0 Å². The molecule has 0 fully saturated rings. The summed E-state index contributed by atoms with van der Waals surface area (Å²) < 4.78 is 2.13. The van der Waals surface area contributed by atoms with Crippen LogP contribution in [-0.4, -0.2) is 4.57 Å². The first-order chi connectivity index (χ1) is 9.26. The standard InChI is InChI=1S/C16H11ClN2/c17-15-3-1-2-13(8-15)11-19-7-6-14-5-4-12(10-18)9-16(14)19/h1-9H,11H2. The molecule has 0 amide bonds. The zero-order valence-electron chi connectivity index (χ0n) is 10.2.